The zero-order chi connectivity index (χ0) is 16.5. The third-order valence-electron chi connectivity index (χ3n) is 4.41. The normalized spacial score (nSPS) is 18.2. The maximum Gasteiger partial charge on any atom is 0.229 e. The predicted octanol–water partition coefficient (Wildman–Crippen LogP) is 3.32. The fraction of sp³-hybridized carbons (Fsp3) is 0.333. The summed E-state index contributed by atoms with van der Waals surface area (Å²) in [6, 6.07) is 11.8. The number of aromatic nitrogens is 2. The van der Waals surface area contributed by atoms with Crippen molar-refractivity contribution in [1.82, 2.24) is 15.1 Å². The molecule has 1 amide bonds. The minimum Gasteiger partial charge on any atom is -0.464 e. The Balaban J connectivity index is 1.57. The highest BCUT2D eigenvalue weighted by Crippen LogP contribution is 2.31. The Kier molecular flexibility index (Phi) is 4.06. The van der Waals surface area contributed by atoms with Crippen LogP contribution in [-0.4, -0.2) is 39.1 Å². The molecule has 0 saturated carbocycles. The molecule has 1 aliphatic heterocycles. The fourth-order valence-corrected chi connectivity index (χ4v) is 4.23. The Morgan fingerprint density at radius 1 is 1.38 bits per heavy atom. The van der Waals surface area contributed by atoms with Crippen LogP contribution in [0.5, 0.6) is 0 Å². The second-order valence-corrected chi connectivity index (χ2v) is 7.17. The molecule has 0 radical (unpaired) electrons. The van der Waals surface area contributed by atoms with Crippen LogP contribution in [-0.2, 0) is 11.2 Å². The molecule has 24 heavy (non-hydrogen) atoms. The Labute approximate surface area is 144 Å². The molecule has 4 rings (SSSR count). The maximum absolute atomic E-state index is 12.9. The van der Waals surface area contributed by atoms with Gasteiger partial charge in [0, 0.05) is 23.4 Å². The number of rotatable bonds is 3. The maximum atomic E-state index is 12.9. The largest absolute Gasteiger partial charge is 0.464 e. The van der Waals surface area contributed by atoms with Crippen LogP contribution >= 0.6 is 11.8 Å². The lowest BCUT2D eigenvalue weighted by Gasteiger charge is -2.34. The Morgan fingerprint density at radius 2 is 2.25 bits per heavy atom. The molecule has 3 heterocycles. The van der Waals surface area contributed by atoms with E-state index in [-0.39, 0.29) is 11.9 Å². The molecule has 1 aromatic carbocycles. The zero-order valence-corrected chi connectivity index (χ0v) is 14.3. The van der Waals surface area contributed by atoms with Gasteiger partial charge in [-0.1, -0.05) is 18.2 Å². The molecular weight excluding hydrogens is 322 g/mol. The first-order valence-corrected chi connectivity index (χ1v) is 9.23. The number of furan rings is 1. The number of carbonyl (C=O) groups excluding carboxylic acids is 1. The Morgan fingerprint density at radius 3 is 3.08 bits per heavy atom. The molecule has 1 atom stereocenters. The minimum atomic E-state index is 0.0131. The van der Waals surface area contributed by atoms with Crippen LogP contribution < -0.4 is 0 Å². The third-order valence-corrected chi connectivity index (χ3v) is 5.43. The highest BCUT2D eigenvalue weighted by Gasteiger charge is 2.30. The number of nitrogens with one attached hydrogen (secondary N) is 1. The molecule has 124 valence electrons. The molecule has 0 bridgehead atoms. The smallest absolute Gasteiger partial charge is 0.229 e. The number of carbonyl (C=O) groups is 1. The summed E-state index contributed by atoms with van der Waals surface area (Å²) in [5.41, 5.74) is 1.77. The van der Waals surface area contributed by atoms with Gasteiger partial charge in [-0.2, -0.15) is 16.9 Å². The number of amides is 1. The third kappa shape index (κ3) is 2.82. The first kappa shape index (κ1) is 15.3. The van der Waals surface area contributed by atoms with Crippen molar-refractivity contribution in [3.63, 3.8) is 0 Å². The second kappa shape index (κ2) is 6.36. The summed E-state index contributed by atoms with van der Waals surface area (Å²) in [6.45, 7) is 2.68. The highest BCUT2D eigenvalue weighted by molar-refractivity contribution is 7.99. The standard InChI is InChI=1S/C18H19N3O2S/c1-12-6-7-17(23-12)16-11-24-9-8-21(16)18(22)10-15-13-4-2-3-5-14(13)19-20-15/h2-7,16H,8-11H2,1H3,(H,19,20)/t16-/m0/s1. The van der Waals surface area contributed by atoms with Gasteiger partial charge in [-0.05, 0) is 25.1 Å². The summed E-state index contributed by atoms with van der Waals surface area (Å²) in [5.74, 6) is 3.72. The van der Waals surface area contributed by atoms with Gasteiger partial charge in [-0.3, -0.25) is 9.89 Å². The molecular formula is C18H19N3O2S. The lowest BCUT2D eigenvalue weighted by molar-refractivity contribution is -0.132. The van der Waals surface area contributed by atoms with Crippen molar-refractivity contribution in [1.29, 1.82) is 0 Å². The minimum absolute atomic E-state index is 0.0131. The fourth-order valence-electron chi connectivity index (χ4n) is 3.17. The molecule has 5 nitrogen and oxygen atoms in total. The molecule has 3 aromatic rings. The summed E-state index contributed by atoms with van der Waals surface area (Å²) in [7, 11) is 0. The molecule has 1 saturated heterocycles. The number of para-hydroxylation sites is 1. The number of thioether (sulfide) groups is 1. The van der Waals surface area contributed by atoms with E-state index in [2.05, 4.69) is 10.2 Å². The van der Waals surface area contributed by atoms with Gasteiger partial charge in [-0.15, -0.1) is 0 Å². The molecule has 1 aliphatic rings. The van der Waals surface area contributed by atoms with Gasteiger partial charge in [-0.25, -0.2) is 0 Å². The number of benzene rings is 1. The number of hydrogen-bond donors (Lipinski definition) is 1. The Hall–Kier alpha value is -2.21. The van der Waals surface area contributed by atoms with Crippen molar-refractivity contribution in [3.05, 3.63) is 53.6 Å². The predicted molar refractivity (Wildman–Crippen MR) is 95.0 cm³/mol. The van der Waals surface area contributed by atoms with Crippen LogP contribution in [0.25, 0.3) is 10.9 Å². The molecule has 0 unspecified atom stereocenters. The van der Waals surface area contributed by atoms with E-state index in [1.54, 1.807) is 0 Å². The first-order chi connectivity index (χ1) is 11.7. The van der Waals surface area contributed by atoms with Crippen molar-refractivity contribution < 1.29 is 9.21 Å². The van der Waals surface area contributed by atoms with Crippen LogP contribution in [0.2, 0.25) is 0 Å². The number of fused-ring (bicyclic) bond motifs is 1. The summed E-state index contributed by atoms with van der Waals surface area (Å²) in [6.07, 6.45) is 0.335. The van der Waals surface area contributed by atoms with Crippen molar-refractivity contribution in [2.24, 2.45) is 0 Å². The van der Waals surface area contributed by atoms with E-state index in [0.29, 0.717) is 6.42 Å². The summed E-state index contributed by atoms with van der Waals surface area (Å²) in [4.78, 5) is 14.9. The highest BCUT2D eigenvalue weighted by atomic mass is 32.2. The number of H-pyrrole nitrogens is 1. The van der Waals surface area contributed by atoms with E-state index in [4.69, 9.17) is 4.42 Å². The lowest BCUT2D eigenvalue weighted by atomic mass is 10.1. The van der Waals surface area contributed by atoms with Gasteiger partial charge >= 0.3 is 0 Å². The monoisotopic (exact) mass is 341 g/mol. The van der Waals surface area contributed by atoms with E-state index in [0.717, 1.165) is 46.2 Å². The van der Waals surface area contributed by atoms with Crippen LogP contribution in [0, 0.1) is 6.92 Å². The van der Waals surface area contributed by atoms with E-state index in [9.17, 15) is 4.79 Å². The molecule has 0 aliphatic carbocycles. The first-order valence-electron chi connectivity index (χ1n) is 8.08. The number of nitrogens with zero attached hydrogens (tertiary/aromatic N) is 2. The molecule has 2 aromatic heterocycles. The average molecular weight is 341 g/mol. The summed E-state index contributed by atoms with van der Waals surface area (Å²) < 4.78 is 5.78. The van der Waals surface area contributed by atoms with Gasteiger partial charge < -0.3 is 9.32 Å². The van der Waals surface area contributed by atoms with Crippen LogP contribution in [0.3, 0.4) is 0 Å². The number of aryl methyl sites for hydroxylation is 1. The van der Waals surface area contributed by atoms with Crippen LogP contribution in [0.15, 0.2) is 40.8 Å². The number of hydrogen-bond acceptors (Lipinski definition) is 4. The molecule has 0 spiro atoms. The lowest BCUT2D eigenvalue weighted by Crippen LogP contribution is -2.41. The van der Waals surface area contributed by atoms with E-state index in [1.807, 2.05) is 60.0 Å². The molecule has 1 N–H and O–H groups in total. The SMILES string of the molecule is Cc1ccc([C@@H]2CSCCN2C(=O)Cc2[nH]nc3ccccc23)o1. The van der Waals surface area contributed by atoms with Gasteiger partial charge in [0.25, 0.3) is 0 Å². The van der Waals surface area contributed by atoms with Gasteiger partial charge in [0.2, 0.25) is 5.91 Å². The average Bonchev–Trinajstić information content (AvgIpc) is 3.22. The number of aromatic amines is 1. The van der Waals surface area contributed by atoms with Gasteiger partial charge in [0.05, 0.1) is 23.7 Å². The summed E-state index contributed by atoms with van der Waals surface area (Å²) >= 11 is 1.86. The van der Waals surface area contributed by atoms with Crippen LogP contribution in [0.4, 0.5) is 0 Å². The molecule has 6 heteroatoms. The molecule has 1 fully saturated rings. The van der Waals surface area contributed by atoms with E-state index in [1.165, 1.54) is 0 Å². The Bertz CT molecular complexity index is 870. The van der Waals surface area contributed by atoms with E-state index < -0.39 is 0 Å². The van der Waals surface area contributed by atoms with Crippen molar-refractivity contribution in [2.45, 2.75) is 19.4 Å². The topological polar surface area (TPSA) is 62.1 Å². The quantitative estimate of drug-likeness (QED) is 0.794. The van der Waals surface area contributed by atoms with Crippen molar-refractivity contribution >= 4 is 28.6 Å². The second-order valence-electron chi connectivity index (χ2n) is 6.02. The van der Waals surface area contributed by atoms with Gasteiger partial charge in [0.1, 0.15) is 11.5 Å². The zero-order valence-electron chi connectivity index (χ0n) is 13.5. The van der Waals surface area contributed by atoms with E-state index >= 15 is 0 Å². The summed E-state index contributed by atoms with van der Waals surface area (Å²) in [5, 5.41) is 8.31. The van der Waals surface area contributed by atoms with Crippen molar-refractivity contribution in [2.75, 3.05) is 18.1 Å². The van der Waals surface area contributed by atoms with Crippen molar-refractivity contribution in [3.8, 4) is 0 Å². The van der Waals surface area contributed by atoms with Gasteiger partial charge in [0.15, 0.2) is 0 Å². The van der Waals surface area contributed by atoms with Crippen LogP contribution in [0.1, 0.15) is 23.3 Å².